The van der Waals surface area contributed by atoms with Crippen LogP contribution in [0.2, 0.25) is 0 Å². The molecule has 0 aliphatic carbocycles. The van der Waals surface area contributed by atoms with Gasteiger partial charge in [0.2, 0.25) is 5.82 Å². The number of halogens is 3. The van der Waals surface area contributed by atoms with Crippen molar-refractivity contribution >= 4 is 5.97 Å². The van der Waals surface area contributed by atoms with Crippen molar-refractivity contribution in [3.05, 3.63) is 53.6 Å². The molecule has 0 radical (unpaired) electrons. The lowest BCUT2D eigenvalue weighted by Gasteiger charge is -2.09. The molecule has 0 aliphatic rings. The van der Waals surface area contributed by atoms with Crippen LogP contribution < -0.4 is 0 Å². The summed E-state index contributed by atoms with van der Waals surface area (Å²) in [5.74, 6) is -2.70. The molecule has 2 aromatic rings. The van der Waals surface area contributed by atoms with Crippen molar-refractivity contribution in [1.29, 1.82) is 0 Å². The predicted octanol–water partition coefficient (Wildman–Crippen LogP) is 2.65. The summed E-state index contributed by atoms with van der Waals surface area (Å²) in [6, 6.07) is 8.43. The highest BCUT2D eigenvalue weighted by Gasteiger charge is 2.37. The van der Waals surface area contributed by atoms with Crippen molar-refractivity contribution in [2.24, 2.45) is 0 Å². The van der Waals surface area contributed by atoms with E-state index in [-0.39, 0.29) is 6.54 Å². The molecule has 0 amide bonds. The first-order valence-electron chi connectivity index (χ1n) is 5.29. The lowest BCUT2D eigenvalue weighted by atomic mass is 10.2. The summed E-state index contributed by atoms with van der Waals surface area (Å²) >= 11 is 0. The van der Waals surface area contributed by atoms with Crippen LogP contribution in [0.4, 0.5) is 13.2 Å². The summed E-state index contributed by atoms with van der Waals surface area (Å²) in [5, 5.41) is 8.71. The molecule has 2 rings (SSSR count). The zero-order valence-electron chi connectivity index (χ0n) is 9.55. The van der Waals surface area contributed by atoms with Crippen LogP contribution in [0.25, 0.3) is 0 Å². The van der Waals surface area contributed by atoms with Gasteiger partial charge in [-0.1, -0.05) is 30.3 Å². The monoisotopic (exact) mass is 270 g/mol. The lowest BCUT2D eigenvalue weighted by Crippen LogP contribution is -2.15. The van der Waals surface area contributed by atoms with E-state index in [1.807, 2.05) is 0 Å². The highest BCUT2D eigenvalue weighted by Crippen LogP contribution is 2.29. The van der Waals surface area contributed by atoms with E-state index >= 15 is 0 Å². The van der Waals surface area contributed by atoms with Crippen LogP contribution in [-0.4, -0.2) is 20.6 Å². The Morgan fingerprint density at radius 3 is 2.42 bits per heavy atom. The van der Waals surface area contributed by atoms with Crippen LogP contribution in [0.1, 0.15) is 21.9 Å². The van der Waals surface area contributed by atoms with E-state index in [0.29, 0.717) is 5.56 Å². The normalized spacial score (nSPS) is 11.5. The third-order valence-corrected chi connectivity index (χ3v) is 2.44. The molecule has 0 fully saturated rings. The van der Waals surface area contributed by atoms with Gasteiger partial charge in [0.15, 0.2) is 5.69 Å². The number of nitrogens with zero attached hydrogens (tertiary/aromatic N) is 2. The fourth-order valence-corrected chi connectivity index (χ4v) is 1.65. The van der Waals surface area contributed by atoms with E-state index in [2.05, 4.69) is 4.98 Å². The molecule has 0 bridgehead atoms. The molecule has 7 heteroatoms. The third kappa shape index (κ3) is 2.93. The Kier molecular flexibility index (Phi) is 3.28. The highest BCUT2D eigenvalue weighted by molar-refractivity contribution is 5.85. The number of benzene rings is 1. The van der Waals surface area contributed by atoms with Gasteiger partial charge in [-0.3, -0.25) is 0 Å². The molecule has 0 saturated heterocycles. The summed E-state index contributed by atoms with van der Waals surface area (Å²) in [6.07, 6.45) is -3.80. The Bertz CT molecular complexity index is 591. The molecule has 1 aromatic heterocycles. The Morgan fingerprint density at radius 1 is 1.26 bits per heavy atom. The summed E-state index contributed by atoms with van der Waals surface area (Å²) in [5.41, 5.74) is 0.00518. The topological polar surface area (TPSA) is 55.1 Å². The molecule has 19 heavy (non-hydrogen) atoms. The molecular formula is C12H9F3N2O2. The second kappa shape index (κ2) is 4.75. The fraction of sp³-hybridized carbons (Fsp3) is 0.167. The van der Waals surface area contributed by atoms with Gasteiger partial charge >= 0.3 is 12.1 Å². The van der Waals surface area contributed by atoms with Gasteiger partial charge in [0.1, 0.15) is 0 Å². The van der Waals surface area contributed by atoms with Gasteiger partial charge in [0, 0.05) is 12.7 Å². The molecular weight excluding hydrogens is 261 g/mol. The van der Waals surface area contributed by atoms with E-state index < -0.39 is 23.7 Å². The lowest BCUT2D eigenvalue weighted by molar-refractivity contribution is -0.147. The van der Waals surface area contributed by atoms with E-state index in [1.165, 1.54) is 0 Å². The first-order chi connectivity index (χ1) is 8.88. The smallest absolute Gasteiger partial charge is 0.449 e. The number of hydrogen-bond donors (Lipinski definition) is 1. The number of carboxylic acids is 1. The number of carbonyl (C=O) groups is 1. The van der Waals surface area contributed by atoms with Gasteiger partial charge in [0.25, 0.3) is 0 Å². The number of carboxylic acid groups (broad SMARTS) is 1. The quantitative estimate of drug-likeness (QED) is 0.932. The van der Waals surface area contributed by atoms with Crippen molar-refractivity contribution in [3.63, 3.8) is 0 Å². The molecule has 0 unspecified atom stereocenters. The Hall–Kier alpha value is -2.31. The first kappa shape index (κ1) is 13.1. The molecule has 4 nitrogen and oxygen atoms in total. The van der Waals surface area contributed by atoms with Gasteiger partial charge in [-0.15, -0.1) is 0 Å². The summed E-state index contributed by atoms with van der Waals surface area (Å²) in [4.78, 5) is 13.8. The minimum Gasteiger partial charge on any atom is -0.476 e. The zero-order chi connectivity index (χ0) is 14.0. The van der Waals surface area contributed by atoms with Crippen molar-refractivity contribution < 1.29 is 23.1 Å². The van der Waals surface area contributed by atoms with Crippen LogP contribution in [-0.2, 0) is 12.7 Å². The van der Waals surface area contributed by atoms with Crippen LogP contribution in [0.3, 0.4) is 0 Å². The Balaban J connectivity index is 2.41. The number of hydrogen-bond acceptors (Lipinski definition) is 2. The second-order valence-electron chi connectivity index (χ2n) is 3.87. The number of rotatable bonds is 3. The largest absolute Gasteiger partial charge is 0.476 e. The molecule has 0 spiro atoms. The number of aromatic carboxylic acids is 1. The average molecular weight is 270 g/mol. The first-order valence-corrected chi connectivity index (χ1v) is 5.29. The highest BCUT2D eigenvalue weighted by atomic mass is 19.4. The molecule has 0 atom stereocenters. The minimum absolute atomic E-state index is 0.0873. The Morgan fingerprint density at radius 2 is 1.89 bits per heavy atom. The number of imidazole rings is 1. The van der Waals surface area contributed by atoms with Gasteiger partial charge in [-0.05, 0) is 5.56 Å². The second-order valence-corrected chi connectivity index (χ2v) is 3.87. The maximum atomic E-state index is 12.8. The summed E-state index contributed by atoms with van der Waals surface area (Å²) in [7, 11) is 0. The minimum atomic E-state index is -4.69. The maximum absolute atomic E-state index is 12.8. The molecule has 100 valence electrons. The van der Waals surface area contributed by atoms with Gasteiger partial charge < -0.3 is 9.67 Å². The molecule has 1 heterocycles. The van der Waals surface area contributed by atoms with Crippen LogP contribution >= 0.6 is 0 Å². The van der Waals surface area contributed by atoms with Crippen molar-refractivity contribution in [1.82, 2.24) is 9.55 Å². The van der Waals surface area contributed by atoms with Crippen LogP contribution in [0.5, 0.6) is 0 Å². The van der Waals surface area contributed by atoms with Gasteiger partial charge in [0.05, 0.1) is 0 Å². The van der Waals surface area contributed by atoms with E-state index in [4.69, 9.17) is 5.11 Å². The van der Waals surface area contributed by atoms with Gasteiger partial charge in [-0.25, -0.2) is 9.78 Å². The van der Waals surface area contributed by atoms with Crippen LogP contribution in [0.15, 0.2) is 36.5 Å². The molecule has 1 N–H and O–H groups in total. The zero-order valence-corrected chi connectivity index (χ0v) is 9.55. The van der Waals surface area contributed by atoms with E-state index in [0.717, 1.165) is 10.8 Å². The predicted molar refractivity (Wildman–Crippen MR) is 59.7 cm³/mol. The van der Waals surface area contributed by atoms with Crippen molar-refractivity contribution in [2.75, 3.05) is 0 Å². The molecule has 1 aromatic carbocycles. The van der Waals surface area contributed by atoms with E-state index in [1.54, 1.807) is 30.3 Å². The third-order valence-electron chi connectivity index (χ3n) is 2.44. The molecule has 0 aliphatic heterocycles. The summed E-state index contributed by atoms with van der Waals surface area (Å²) < 4.78 is 39.0. The van der Waals surface area contributed by atoms with E-state index in [9.17, 15) is 18.0 Å². The fourth-order valence-electron chi connectivity index (χ4n) is 1.65. The average Bonchev–Trinajstić information content (AvgIpc) is 2.74. The van der Waals surface area contributed by atoms with Crippen molar-refractivity contribution in [2.45, 2.75) is 12.7 Å². The standard InChI is InChI=1S/C12H9F3N2O2/c13-12(14,15)11-16-9(10(18)19)7-17(11)6-8-4-2-1-3-5-8/h1-5,7H,6H2,(H,18,19). The van der Waals surface area contributed by atoms with Crippen LogP contribution in [0, 0.1) is 0 Å². The maximum Gasteiger partial charge on any atom is 0.449 e. The van der Waals surface area contributed by atoms with Crippen molar-refractivity contribution in [3.8, 4) is 0 Å². The molecule has 0 saturated carbocycles. The number of aromatic nitrogens is 2. The summed E-state index contributed by atoms with van der Waals surface area (Å²) in [6.45, 7) is -0.0873. The van der Waals surface area contributed by atoms with Gasteiger partial charge in [-0.2, -0.15) is 13.2 Å². The SMILES string of the molecule is O=C(O)c1cn(Cc2ccccc2)c(C(F)(F)F)n1. The number of alkyl halides is 3. The Labute approximate surface area is 106 Å².